The van der Waals surface area contributed by atoms with Gasteiger partial charge in [0.1, 0.15) is 0 Å². The summed E-state index contributed by atoms with van der Waals surface area (Å²) in [5, 5.41) is 5.87. The highest BCUT2D eigenvalue weighted by atomic mass is 16.6. The molecule has 0 bridgehead atoms. The Kier molecular flexibility index (Phi) is 7.06. The van der Waals surface area contributed by atoms with E-state index in [2.05, 4.69) is 22.5 Å². The molecule has 2 N–H and O–H groups in total. The number of urea groups is 1. The van der Waals surface area contributed by atoms with E-state index in [0.717, 1.165) is 32.5 Å². The van der Waals surface area contributed by atoms with Crippen molar-refractivity contribution < 1.29 is 14.3 Å². The highest BCUT2D eigenvalue weighted by Crippen LogP contribution is 2.18. The molecule has 7 heteroatoms. The molecule has 0 radical (unpaired) electrons. The van der Waals surface area contributed by atoms with Crippen molar-refractivity contribution >= 4 is 23.5 Å². The lowest BCUT2D eigenvalue weighted by Crippen LogP contribution is -2.48. The molecule has 25 heavy (non-hydrogen) atoms. The third kappa shape index (κ3) is 5.63. The Morgan fingerprint density at radius 1 is 1.28 bits per heavy atom. The van der Waals surface area contributed by atoms with Crippen molar-refractivity contribution in [1.29, 1.82) is 0 Å². The summed E-state index contributed by atoms with van der Waals surface area (Å²) in [6.45, 7) is 7.24. The van der Waals surface area contributed by atoms with E-state index >= 15 is 0 Å². The average Bonchev–Trinajstić information content (AvgIpc) is 2.62. The molecular weight excluding hydrogens is 320 g/mol. The molecule has 1 saturated heterocycles. The van der Waals surface area contributed by atoms with Crippen LogP contribution in [0, 0.1) is 0 Å². The second-order valence-electron chi connectivity index (χ2n) is 6.14. The summed E-state index contributed by atoms with van der Waals surface area (Å²) in [5.74, 6) is 0. The van der Waals surface area contributed by atoms with E-state index in [9.17, 15) is 9.59 Å². The van der Waals surface area contributed by atoms with Crippen LogP contribution in [-0.4, -0.2) is 56.4 Å². The predicted molar refractivity (Wildman–Crippen MR) is 99.2 cm³/mol. The first kappa shape index (κ1) is 19.1. The number of carbonyl (C=O) groups is 2. The topological polar surface area (TPSA) is 73.9 Å². The number of likely N-dealkylation sites (tertiary alicyclic amines) is 1. The maximum atomic E-state index is 12.2. The second kappa shape index (κ2) is 9.27. The van der Waals surface area contributed by atoms with Crippen LogP contribution in [0.3, 0.4) is 0 Å². The minimum absolute atomic E-state index is 0.183. The van der Waals surface area contributed by atoms with Crippen LogP contribution in [0.1, 0.15) is 26.7 Å². The Morgan fingerprint density at radius 2 is 2.00 bits per heavy atom. The molecule has 1 aromatic carbocycles. The summed E-state index contributed by atoms with van der Waals surface area (Å²) in [5.41, 5.74) is 1.39. The predicted octanol–water partition coefficient (Wildman–Crippen LogP) is 2.89. The SMILES string of the molecule is CCOC(=O)N(C)c1ccc(NC(=O)NC2CCCN(CC)C2)cc1. The molecule has 1 fully saturated rings. The number of hydrogen-bond acceptors (Lipinski definition) is 4. The van der Waals surface area contributed by atoms with Crippen LogP contribution in [0.4, 0.5) is 21.0 Å². The number of anilines is 2. The molecule has 138 valence electrons. The number of likely N-dealkylation sites (N-methyl/N-ethyl adjacent to an activating group) is 1. The quantitative estimate of drug-likeness (QED) is 0.858. The van der Waals surface area contributed by atoms with Gasteiger partial charge in [-0.05, 0) is 57.1 Å². The van der Waals surface area contributed by atoms with Gasteiger partial charge >= 0.3 is 12.1 Å². The minimum Gasteiger partial charge on any atom is -0.449 e. The molecule has 7 nitrogen and oxygen atoms in total. The van der Waals surface area contributed by atoms with Crippen LogP contribution >= 0.6 is 0 Å². The number of piperidine rings is 1. The van der Waals surface area contributed by atoms with Crippen molar-refractivity contribution in [3.63, 3.8) is 0 Å². The molecule has 0 saturated carbocycles. The van der Waals surface area contributed by atoms with Crippen LogP contribution in [-0.2, 0) is 4.74 Å². The lowest BCUT2D eigenvalue weighted by atomic mass is 10.1. The van der Waals surface area contributed by atoms with Crippen LogP contribution in [0.15, 0.2) is 24.3 Å². The number of hydrogen-bond donors (Lipinski definition) is 2. The number of nitrogens with zero attached hydrogens (tertiary/aromatic N) is 2. The standard InChI is InChI=1S/C18H28N4O3/c1-4-22-12-6-7-15(13-22)20-17(23)19-14-8-10-16(11-9-14)21(3)18(24)25-5-2/h8-11,15H,4-7,12-13H2,1-3H3,(H2,19,20,23). The zero-order chi connectivity index (χ0) is 18.2. The largest absolute Gasteiger partial charge is 0.449 e. The zero-order valence-corrected chi connectivity index (χ0v) is 15.2. The van der Waals surface area contributed by atoms with Crippen molar-refractivity contribution in [2.24, 2.45) is 0 Å². The van der Waals surface area contributed by atoms with Gasteiger partial charge in [0.25, 0.3) is 0 Å². The molecule has 3 amide bonds. The summed E-state index contributed by atoms with van der Waals surface area (Å²) in [6, 6.07) is 7.06. The minimum atomic E-state index is -0.404. The maximum Gasteiger partial charge on any atom is 0.413 e. The first-order valence-corrected chi connectivity index (χ1v) is 8.83. The van der Waals surface area contributed by atoms with Crippen LogP contribution in [0.5, 0.6) is 0 Å². The van der Waals surface area contributed by atoms with Crippen molar-refractivity contribution in [2.75, 3.05) is 43.5 Å². The first-order valence-electron chi connectivity index (χ1n) is 8.83. The molecule has 1 aromatic rings. The van der Waals surface area contributed by atoms with Gasteiger partial charge < -0.3 is 20.3 Å². The van der Waals surface area contributed by atoms with E-state index in [1.165, 1.54) is 4.90 Å². The zero-order valence-electron chi connectivity index (χ0n) is 15.2. The number of rotatable bonds is 5. The molecule has 1 unspecified atom stereocenters. The second-order valence-corrected chi connectivity index (χ2v) is 6.14. The van der Waals surface area contributed by atoms with Gasteiger partial charge in [-0.15, -0.1) is 0 Å². The first-order chi connectivity index (χ1) is 12.0. The van der Waals surface area contributed by atoms with Crippen LogP contribution in [0.25, 0.3) is 0 Å². The van der Waals surface area contributed by atoms with Crippen molar-refractivity contribution in [3.8, 4) is 0 Å². The third-order valence-corrected chi connectivity index (χ3v) is 4.34. The third-order valence-electron chi connectivity index (χ3n) is 4.34. The molecule has 2 rings (SSSR count). The Balaban J connectivity index is 1.86. The van der Waals surface area contributed by atoms with Crippen molar-refractivity contribution in [1.82, 2.24) is 10.2 Å². The van der Waals surface area contributed by atoms with Gasteiger partial charge in [-0.25, -0.2) is 9.59 Å². The molecule has 1 atom stereocenters. The average molecular weight is 348 g/mol. The van der Waals surface area contributed by atoms with Crippen molar-refractivity contribution in [3.05, 3.63) is 24.3 Å². The molecule has 0 aliphatic carbocycles. The van der Waals surface area contributed by atoms with Gasteiger partial charge in [0.15, 0.2) is 0 Å². The summed E-state index contributed by atoms with van der Waals surface area (Å²) in [7, 11) is 1.65. The Hall–Kier alpha value is -2.28. The number of carbonyl (C=O) groups excluding carboxylic acids is 2. The Bertz CT molecular complexity index is 576. The fourth-order valence-corrected chi connectivity index (χ4v) is 2.91. The fraction of sp³-hybridized carbons (Fsp3) is 0.556. The molecular formula is C18H28N4O3. The van der Waals surface area contributed by atoms with E-state index in [1.54, 1.807) is 38.2 Å². The van der Waals surface area contributed by atoms with E-state index < -0.39 is 6.09 Å². The highest BCUT2D eigenvalue weighted by molar-refractivity contribution is 5.91. The Morgan fingerprint density at radius 3 is 2.64 bits per heavy atom. The number of benzene rings is 1. The fourth-order valence-electron chi connectivity index (χ4n) is 2.91. The van der Waals surface area contributed by atoms with Gasteiger partial charge in [-0.3, -0.25) is 4.90 Å². The Labute approximate surface area is 149 Å². The van der Waals surface area contributed by atoms with E-state index in [0.29, 0.717) is 18.0 Å². The summed E-state index contributed by atoms with van der Waals surface area (Å²) < 4.78 is 4.96. The van der Waals surface area contributed by atoms with Gasteiger partial charge in [0.05, 0.1) is 6.61 Å². The van der Waals surface area contributed by atoms with E-state index in [1.807, 2.05) is 0 Å². The van der Waals surface area contributed by atoms with Gasteiger partial charge in [-0.2, -0.15) is 0 Å². The smallest absolute Gasteiger partial charge is 0.413 e. The van der Waals surface area contributed by atoms with Crippen LogP contribution < -0.4 is 15.5 Å². The van der Waals surface area contributed by atoms with E-state index in [4.69, 9.17) is 4.74 Å². The molecule has 1 aliphatic heterocycles. The van der Waals surface area contributed by atoms with Gasteiger partial charge in [0.2, 0.25) is 0 Å². The van der Waals surface area contributed by atoms with Gasteiger partial charge in [0, 0.05) is 31.0 Å². The highest BCUT2D eigenvalue weighted by Gasteiger charge is 2.20. The summed E-state index contributed by atoms with van der Waals surface area (Å²) in [6.07, 6.45) is 1.71. The van der Waals surface area contributed by atoms with E-state index in [-0.39, 0.29) is 12.1 Å². The lowest BCUT2D eigenvalue weighted by Gasteiger charge is -2.32. The molecule has 0 spiro atoms. The number of amides is 3. The number of ether oxygens (including phenoxy) is 1. The molecule has 1 heterocycles. The summed E-state index contributed by atoms with van der Waals surface area (Å²) in [4.78, 5) is 27.6. The molecule has 0 aromatic heterocycles. The monoisotopic (exact) mass is 348 g/mol. The van der Waals surface area contributed by atoms with Gasteiger partial charge in [-0.1, -0.05) is 6.92 Å². The molecule has 1 aliphatic rings. The maximum absolute atomic E-state index is 12.2. The normalized spacial score (nSPS) is 17.6. The summed E-state index contributed by atoms with van der Waals surface area (Å²) >= 11 is 0. The van der Waals surface area contributed by atoms with Crippen molar-refractivity contribution in [2.45, 2.75) is 32.7 Å². The number of nitrogens with one attached hydrogen (secondary N) is 2. The van der Waals surface area contributed by atoms with Crippen LogP contribution in [0.2, 0.25) is 0 Å². The lowest BCUT2D eigenvalue weighted by molar-refractivity contribution is 0.161.